The second kappa shape index (κ2) is 4.25. The lowest BCUT2D eigenvalue weighted by atomic mass is 10.1. The number of ketones is 1. The van der Waals surface area contributed by atoms with Gasteiger partial charge in [-0.15, -0.1) is 0 Å². The average Bonchev–Trinajstić information content (AvgIpc) is 2.17. The van der Waals surface area contributed by atoms with Gasteiger partial charge >= 0.3 is 0 Å². The quantitative estimate of drug-likeness (QED) is 0.359. The number of oxime groups is 1. The molecule has 68 valence electrons. The molecule has 0 amide bonds. The standard InChI is InChI=1S/C8H5Cl2NO2/c9-6-3-1-5(2-4-6)7(12)8(10)11-13/h1-4,13H. The average molecular weight is 218 g/mol. The Morgan fingerprint density at radius 1 is 1.31 bits per heavy atom. The van der Waals surface area contributed by atoms with E-state index in [1.165, 1.54) is 12.1 Å². The minimum Gasteiger partial charge on any atom is -0.410 e. The molecule has 0 spiro atoms. The van der Waals surface area contributed by atoms with Crippen LogP contribution in [-0.2, 0) is 0 Å². The third-order valence-corrected chi connectivity index (χ3v) is 1.88. The van der Waals surface area contributed by atoms with Crippen LogP contribution in [0, 0.1) is 0 Å². The summed E-state index contributed by atoms with van der Waals surface area (Å²) in [4.78, 5) is 11.2. The van der Waals surface area contributed by atoms with Crippen LogP contribution in [0.5, 0.6) is 0 Å². The van der Waals surface area contributed by atoms with E-state index in [1.807, 2.05) is 0 Å². The smallest absolute Gasteiger partial charge is 0.226 e. The van der Waals surface area contributed by atoms with Crippen molar-refractivity contribution in [2.24, 2.45) is 5.16 Å². The molecule has 0 saturated heterocycles. The van der Waals surface area contributed by atoms with Crippen LogP contribution in [0.4, 0.5) is 0 Å². The number of carbonyl (C=O) groups excluding carboxylic acids is 1. The summed E-state index contributed by atoms with van der Waals surface area (Å²) < 4.78 is 0. The zero-order valence-electron chi connectivity index (χ0n) is 6.37. The third kappa shape index (κ3) is 2.44. The number of hydrogen-bond acceptors (Lipinski definition) is 3. The van der Waals surface area contributed by atoms with Gasteiger partial charge in [0.1, 0.15) is 0 Å². The Labute approximate surface area is 84.6 Å². The first-order valence-corrected chi connectivity index (χ1v) is 4.08. The highest BCUT2D eigenvalue weighted by molar-refractivity contribution is 6.84. The van der Waals surface area contributed by atoms with E-state index in [4.69, 9.17) is 28.4 Å². The molecule has 1 aromatic carbocycles. The summed E-state index contributed by atoms with van der Waals surface area (Å²) in [6.07, 6.45) is 0. The summed E-state index contributed by atoms with van der Waals surface area (Å²) in [5.41, 5.74) is 0.326. The Hall–Kier alpha value is -1.06. The van der Waals surface area contributed by atoms with E-state index in [2.05, 4.69) is 5.16 Å². The number of nitrogens with zero attached hydrogens (tertiary/aromatic N) is 1. The van der Waals surface area contributed by atoms with Crippen LogP contribution in [0.3, 0.4) is 0 Å². The van der Waals surface area contributed by atoms with E-state index in [1.54, 1.807) is 12.1 Å². The lowest BCUT2D eigenvalue weighted by Crippen LogP contribution is -2.07. The topological polar surface area (TPSA) is 49.7 Å². The summed E-state index contributed by atoms with van der Waals surface area (Å²) >= 11 is 10.9. The van der Waals surface area contributed by atoms with Crippen molar-refractivity contribution in [3.63, 3.8) is 0 Å². The van der Waals surface area contributed by atoms with Crippen molar-refractivity contribution in [3.05, 3.63) is 34.9 Å². The van der Waals surface area contributed by atoms with Gasteiger partial charge in [0.2, 0.25) is 11.0 Å². The fourth-order valence-corrected chi connectivity index (χ4v) is 1.00. The molecule has 0 unspecified atom stereocenters. The van der Waals surface area contributed by atoms with Crippen LogP contribution in [0.2, 0.25) is 5.02 Å². The number of rotatable bonds is 2. The second-order valence-electron chi connectivity index (χ2n) is 2.23. The normalized spacial score (nSPS) is 11.4. The van der Waals surface area contributed by atoms with E-state index < -0.39 is 11.0 Å². The van der Waals surface area contributed by atoms with Crippen molar-refractivity contribution in [2.75, 3.05) is 0 Å². The first-order chi connectivity index (χ1) is 6.15. The summed E-state index contributed by atoms with van der Waals surface area (Å²) in [6.45, 7) is 0. The third-order valence-electron chi connectivity index (χ3n) is 1.38. The maximum absolute atomic E-state index is 11.2. The van der Waals surface area contributed by atoms with E-state index in [0.29, 0.717) is 10.6 Å². The van der Waals surface area contributed by atoms with Gasteiger partial charge in [0, 0.05) is 10.6 Å². The predicted octanol–water partition coefficient (Wildman–Crippen LogP) is 2.55. The van der Waals surface area contributed by atoms with Crippen LogP contribution >= 0.6 is 23.2 Å². The Morgan fingerprint density at radius 3 is 2.31 bits per heavy atom. The van der Waals surface area contributed by atoms with Crippen molar-refractivity contribution in [1.29, 1.82) is 0 Å². The van der Waals surface area contributed by atoms with Crippen molar-refractivity contribution in [3.8, 4) is 0 Å². The zero-order chi connectivity index (χ0) is 9.84. The van der Waals surface area contributed by atoms with Gasteiger partial charge in [-0.2, -0.15) is 0 Å². The predicted molar refractivity (Wildman–Crippen MR) is 50.9 cm³/mol. The fraction of sp³-hybridized carbons (Fsp3) is 0. The van der Waals surface area contributed by atoms with Gasteiger partial charge in [0.25, 0.3) is 0 Å². The van der Waals surface area contributed by atoms with Crippen LogP contribution in [0.25, 0.3) is 0 Å². The van der Waals surface area contributed by atoms with Gasteiger partial charge in [-0.25, -0.2) is 0 Å². The molecule has 0 bridgehead atoms. The SMILES string of the molecule is O=C(C(Cl)=NO)c1ccc(Cl)cc1. The van der Waals surface area contributed by atoms with Gasteiger partial charge in [0.15, 0.2) is 0 Å². The van der Waals surface area contributed by atoms with Crippen molar-refractivity contribution < 1.29 is 10.0 Å². The Kier molecular flexibility index (Phi) is 3.28. The molecule has 0 aromatic heterocycles. The molecule has 5 heteroatoms. The summed E-state index contributed by atoms with van der Waals surface area (Å²) in [5.74, 6) is -0.541. The number of hydrogen-bond donors (Lipinski definition) is 1. The van der Waals surface area contributed by atoms with Gasteiger partial charge in [-0.1, -0.05) is 28.4 Å². The number of Topliss-reactive ketones (excluding diaryl/α,β-unsaturated/α-hetero) is 1. The molecule has 0 heterocycles. The lowest BCUT2D eigenvalue weighted by molar-refractivity contribution is 0.106. The molecule has 0 saturated carbocycles. The highest BCUT2D eigenvalue weighted by atomic mass is 35.5. The summed E-state index contributed by atoms with van der Waals surface area (Å²) in [6, 6.07) is 6.10. The zero-order valence-corrected chi connectivity index (χ0v) is 7.88. The molecule has 1 N–H and O–H groups in total. The summed E-state index contributed by atoms with van der Waals surface area (Å²) in [5, 5.41) is 10.9. The van der Waals surface area contributed by atoms with Gasteiger partial charge < -0.3 is 5.21 Å². The molecule has 0 atom stereocenters. The van der Waals surface area contributed by atoms with E-state index >= 15 is 0 Å². The largest absolute Gasteiger partial charge is 0.410 e. The van der Waals surface area contributed by atoms with Crippen LogP contribution < -0.4 is 0 Å². The Bertz CT molecular complexity index is 346. The van der Waals surface area contributed by atoms with Gasteiger partial charge in [0.05, 0.1) is 0 Å². The number of benzene rings is 1. The molecule has 0 aliphatic heterocycles. The molecule has 1 aromatic rings. The Morgan fingerprint density at radius 2 is 1.85 bits per heavy atom. The van der Waals surface area contributed by atoms with Crippen LogP contribution in [0.1, 0.15) is 10.4 Å². The first-order valence-electron chi connectivity index (χ1n) is 3.33. The lowest BCUT2D eigenvalue weighted by Gasteiger charge is -1.96. The first kappa shape index (κ1) is 10.0. The molecule has 0 radical (unpaired) electrons. The van der Waals surface area contributed by atoms with E-state index in [0.717, 1.165) is 0 Å². The molecule has 0 aliphatic carbocycles. The van der Waals surface area contributed by atoms with E-state index in [-0.39, 0.29) is 0 Å². The molecular weight excluding hydrogens is 213 g/mol. The van der Waals surface area contributed by atoms with Crippen molar-refractivity contribution in [2.45, 2.75) is 0 Å². The fourth-order valence-electron chi connectivity index (χ4n) is 0.766. The highest BCUT2D eigenvalue weighted by Gasteiger charge is 2.11. The number of halogens is 2. The van der Waals surface area contributed by atoms with E-state index in [9.17, 15) is 4.79 Å². The van der Waals surface area contributed by atoms with Gasteiger partial charge in [-0.3, -0.25) is 4.79 Å². The molecule has 0 aliphatic rings. The molecule has 3 nitrogen and oxygen atoms in total. The molecule has 1 rings (SSSR count). The second-order valence-corrected chi connectivity index (χ2v) is 3.02. The van der Waals surface area contributed by atoms with Crippen LogP contribution in [0.15, 0.2) is 29.4 Å². The highest BCUT2D eigenvalue weighted by Crippen LogP contribution is 2.11. The van der Waals surface area contributed by atoms with Crippen molar-refractivity contribution >= 4 is 34.2 Å². The monoisotopic (exact) mass is 217 g/mol. The number of carbonyl (C=O) groups is 1. The Balaban J connectivity index is 2.97. The van der Waals surface area contributed by atoms with Crippen LogP contribution in [-0.4, -0.2) is 16.2 Å². The summed E-state index contributed by atoms with van der Waals surface area (Å²) in [7, 11) is 0. The minimum atomic E-state index is -0.541. The maximum Gasteiger partial charge on any atom is 0.226 e. The maximum atomic E-state index is 11.2. The molecule has 0 fully saturated rings. The minimum absolute atomic E-state index is 0.326. The molecular formula is C8H5Cl2NO2. The van der Waals surface area contributed by atoms with Gasteiger partial charge in [-0.05, 0) is 24.3 Å². The van der Waals surface area contributed by atoms with Crippen molar-refractivity contribution in [1.82, 2.24) is 0 Å². The molecule has 13 heavy (non-hydrogen) atoms.